The Morgan fingerprint density at radius 1 is 1.40 bits per heavy atom. The van der Waals surface area contributed by atoms with E-state index in [1.165, 1.54) is 0 Å². The van der Waals surface area contributed by atoms with Gasteiger partial charge in [0, 0.05) is 10.6 Å². The number of benzene rings is 1. The number of aliphatic hydroxyl groups is 1. The minimum Gasteiger partial charge on any atom is -0.439 e. The maximum atomic E-state index is 9.43. The van der Waals surface area contributed by atoms with E-state index >= 15 is 0 Å². The Balaban J connectivity index is 2.45. The van der Waals surface area contributed by atoms with E-state index in [4.69, 9.17) is 16.3 Å². The van der Waals surface area contributed by atoms with Crippen molar-refractivity contribution < 1.29 is 9.84 Å². The Hall–Kier alpha value is -1.52. The van der Waals surface area contributed by atoms with Crippen LogP contribution < -0.4 is 4.74 Å². The van der Waals surface area contributed by atoms with Crippen LogP contribution in [0.3, 0.4) is 0 Å². The molecule has 0 spiro atoms. The first-order chi connectivity index (χ1) is 9.56. The summed E-state index contributed by atoms with van der Waals surface area (Å²) in [4.78, 5) is 0. The van der Waals surface area contributed by atoms with Crippen LogP contribution in [-0.4, -0.2) is 14.9 Å². The molecule has 0 aliphatic carbocycles. The summed E-state index contributed by atoms with van der Waals surface area (Å²) in [5.74, 6) is 1.34. The van der Waals surface area contributed by atoms with Crippen LogP contribution in [0.2, 0.25) is 5.02 Å². The number of aliphatic hydroxyl groups excluding tert-OH is 1. The van der Waals surface area contributed by atoms with Crippen molar-refractivity contribution in [2.24, 2.45) is 0 Å². The van der Waals surface area contributed by atoms with Crippen LogP contribution in [0.4, 0.5) is 0 Å². The Kier molecular flexibility index (Phi) is 4.68. The van der Waals surface area contributed by atoms with E-state index in [0.717, 1.165) is 12.0 Å². The lowest BCUT2D eigenvalue weighted by Crippen LogP contribution is -2.05. The predicted octanol–water partition coefficient (Wildman–Crippen LogP) is 3.96. The third-order valence-electron chi connectivity index (χ3n) is 3.05. The molecule has 0 unspecified atom stereocenters. The first-order valence-corrected chi connectivity index (χ1v) is 7.09. The first-order valence-electron chi connectivity index (χ1n) is 6.71. The predicted molar refractivity (Wildman–Crippen MR) is 79.4 cm³/mol. The van der Waals surface area contributed by atoms with Crippen molar-refractivity contribution in [2.45, 2.75) is 39.8 Å². The van der Waals surface area contributed by atoms with Crippen LogP contribution in [0.25, 0.3) is 0 Å². The number of rotatable bonds is 5. The summed E-state index contributed by atoms with van der Waals surface area (Å²) in [6.45, 7) is 5.98. The van der Waals surface area contributed by atoms with Gasteiger partial charge in [0.15, 0.2) is 0 Å². The molecular weight excluding hydrogens is 276 g/mol. The Morgan fingerprint density at radius 3 is 2.70 bits per heavy atom. The van der Waals surface area contributed by atoms with Crippen LogP contribution in [0.5, 0.6) is 11.6 Å². The van der Waals surface area contributed by atoms with Gasteiger partial charge in [0.25, 0.3) is 0 Å². The summed E-state index contributed by atoms with van der Waals surface area (Å²) in [6, 6.07) is 7.40. The minimum absolute atomic E-state index is 0.0885. The molecule has 1 aromatic heterocycles. The van der Waals surface area contributed by atoms with Crippen LogP contribution in [0.15, 0.2) is 24.3 Å². The molecule has 1 N–H and O–H groups in total. The van der Waals surface area contributed by atoms with E-state index in [9.17, 15) is 5.11 Å². The summed E-state index contributed by atoms with van der Waals surface area (Å²) >= 11 is 5.98. The molecule has 108 valence electrons. The lowest BCUT2D eigenvalue weighted by atomic mass is 10.2. The van der Waals surface area contributed by atoms with Gasteiger partial charge in [-0.15, -0.1) is 0 Å². The Morgan fingerprint density at radius 2 is 2.15 bits per heavy atom. The fourth-order valence-corrected chi connectivity index (χ4v) is 2.26. The summed E-state index contributed by atoms with van der Waals surface area (Å²) in [5, 5.41) is 14.5. The normalized spacial score (nSPS) is 11.1. The van der Waals surface area contributed by atoms with Crippen LogP contribution >= 0.6 is 11.6 Å². The highest BCUT2D eigenvalue weighted by Crippen LogP contribution is 2.31. The third-order valence-corrected chi connectivity index (χ3v) is 3.28. The molecule has 0 aliphatic heterocycles. The van der Waals surface area contributed by atoms with Gasteiger partial charge in [0.05, 0.1) is 18.3 Å². The molecule has 2 rings (SSSR count). The van der Waals surface area contributed by atoms with Gasteiger partial charge in [-0.3, -0.25) is 0 Å². The zero-order valence-corrected chi connectivity index (χ0v) is 12.7. The fourth-order valence-electron chi connectivity index (χ4n) is 2.08. The van der Waals surface area contributed by atoms with Crippen molar-refractivity contribution in [2.75, 3.05) is 0 Å². The van der Waals surface area contributed by atoms with E-state index in [2.05, 4.69) is 5.10 Å². The number of ether oxygens (including phenoxy) is 1. The average molecular weight is 295 g/mol. The van der Waals surface area contributed by atoms with E-state index in [-0.39, 0.29) is 12.6 Å². The summed E-state index contributed by atoms with van der Waals surface area (Å²) < 4.78 is 7.76. The monoisotopic (exact) mass is 294 g/mol. The second kappa shape index (κ2) is 6.29. The van der Waals surface area contributed by atoms with Gasteiger partial charge < -0.3 is 9.84 Å². The molecular formula is C15H19ClN2O2. The van der Waals surface area contributed by atoms with Crippen molar-refractivity contribution in [3.8, 4) is 11.6 Å². The maximum absolute atomic E-state index is 9.43. The first kappa shape index (κ1) is 14.9. The molecule has 20 heavy (non-hydrogen) atoms. The standard InChI is InChI=1S/C15H19ClN2O2/c1-4-13-14(9-19)17-18(10(2)3)15(13)20-12-7-5-6-11(16)8-12/h5-8,10,19H,4,9H2,1-3H3. The van der Waals surface area contributed by atoms with E-state index in [1.54, 1.807) is 16.8 Å². The topological polar surface area (TPSA) is 47.3 Å². The zero-order chi connectivity index (χ0) is 14.7. The minimum atomic E-state index is -0.0885. The van der Waals surface area contributed by atoms with Gasteiger partial charge in [-0.05, 0) is 38.5 Å². The molecule has 0 saturated heterocycles. The highest BCUT2D eigenvalue weighted by molar-refractivity contribution is 6.30. The quantitative estimate of drug-likeness (QED) is 0.908. The summed E-state index contributed by atoms with van der Waals surface area (Å²) in [7, 11) is 0. The van der Waals surface area contributed by atoms with E-state index in [1.807, 2.05) is 32.9 Å². The molecule has 0 bridgehead atoms. The van der Waals surface area contributed by atoms with E-state index < -0.39 is 0 Å². The van der Waals surface area contributed by atoms with Gasteiger partial charge in [0.1, 0.15) is 5.75 Å². The van der Waals surface area contributed by atoms with Crippen LogP contribution in [0, 0.1) is 0 Å². The van der Waals surface area contributed by atoms with Crippen LogP contribution in [0.1, 0.15) is 38.1 Å². The van der Waals surface area contributed by atoms with Crippen LogP contribution in [-0.2, 0) is 13.0 Å². The van der Waals surface area contributed by atoms with Gasteiger partial charge in [-0.25, -0.2) is 4.68 Å². The van der Waals surface area contributed by atoms with Crippen molar-refractivity contribution in [1.29, 1.82) is 0 Å². The molecule has 0 atom stereocenters. The number of hydrogen-bond acceptors (Lipinski definition) is 3. The van der Waals surface area contributed by atoms with E-state index in [0.29, 0.717) is 22.3 Å². The molecule has 0 amide bonds. The summed E-state index contributed by atoms with van der Waals surface area (Å²) in [5.41, 5.74) is 1.60. The largest absolute Gasteiger partial charge is 0.439 e. The molecule has 2 aromatic rings. The lowest BCUT2D eigenvalue weighted by molar-refractivity contribution is 0.273. The van der Waals surface area contributed by atoms with Crippen molar-refractivity contribution in [3.05, 3.63) is 40.5 Å². The van der Waals surface area contributed by atoms with Crippen molar-refractivity contribution in [3.63, 3.8) is 0 Å². The smallest absolute Gasteiger partial charge is 0.221 e. The molecule has 0 fully saturated rings. The molecule has 0 saturated carbocycles. The lowest BCUT2D eigenvalue weighted by Gasteiger charge is -2.13. The third kappa shape index (κ3) is 2.97. The number of nitrogens with zero attached hydrogens (tertiary/aromatic N) is 2. The Bertz CT molecular complexity index is 594. The van der Waals surface area contributed by atoms with Crippen molar-refractivity contribution >= 4 is 11.6 Å². The molecule has 1 heterocycles. The zero-order valence-electron chi connectivity index (χ0n) is 11.9. The maximum Gasteiger partial charge on any atom is 0.221 e. The molecule has 5 heteroatoms. The summed E-state index contributed by atoms with van der Waals surface area (Å²) in [6.07, 6.45) is 0.749. The highest BCUT2D eigenvalue weighted by atomic mass is 35.5. The number of hydrogen-bond donors (Lipinski definition) is 1. The van der Waals surface area contributed by atoms with Gasteiger partial charge in [-0.2, -0.15) is 5.10 Å². The molecule has 0 radical (unpaired) electrons. The van der Waals surface area contributed by atoms with Gasteiger partial charge in [-0.1, -0.05) is 24.6 Å². The van der Waals surface area contributed by atoms with Gasteiger partial charge >= 0.3 is 0 Å². The average Bonchev–Trinajstić information content (AvgIpc) is 2.76. The highest BCUT2D eigenvalue weighted by Gasteiger charge is 2.19. The SMILES string of the molecule is CCc1c(CO)nn(C(C)C)c1Oc1cccc(Cl)c1. The molecule has 4 nitrogen and oxygen atoms in total. The second-order valence-electron chi connectivity index (χ2n) is 4.84. The molecule has 1 aromatic carbocycles. The fraction of sp³-hybridized carbons (Fsp3) is 0.400. The number of aromatic nitrogens is 2. The van der Waals surface area contributed by atoms with Crippen molar-refractivity contribution in [1.82, 2.24) is 9.78 Å². The Labute approximate surface area is 123 Å². The number of halogens is 1. The van der Waals surface area contributed by atoms with Gasteiger partial charge in [0.2, 0.25) is 5.88 Å². The molecule has 0 aliphatic rings. The second-order valence-corrected chi connectivity index (χ2v) is 5.28.